The summed E-state index contributed by atoms with van der Waals surface area (Å²) in [4.78, 5) is 27.6. The van der Waals surface area contributed by atoms with E-state index in [-0.39, 0.29) is 17.7 Å². The molecule has 20 heavy (non-hydrogen) atoms. The number of carbonyl (C=O) groups is 2. The van der Waals surface area contributed by atoms with Gasteiger partial charge in [0.05, 0.1) is 6.26 Å². The first-order valence-electron chi connectivity index (χ1n) is 7.03. The summed E-state index contributed by atoms with van der Waals surface area (Å²) in [7, 11) is 0. The van der Waals surface area contributed by atoms with Crippen molar-refractivity contribution in [1.29, 1.82) is 0 Å². The predicted octanol–water partition coefficient (Wildman–Crippen LogP) is 1.37. The zero-order chi connectivity index (χ0) is 13.9. The number of piperazine rings is 1. The molecule has 2 amide bonds. The molecule has 2 aliphatic rings. The number of hydrogen-bond acceptors (Lipinski definition) is 3. The second-order valence-corrected chi connectivity index (χ2v) is 5.27. The molecule has 2 fully saturated rings. The van der Waals surface area contributed by atoms with Crippen LogP contribution in [0.3, 0.4) is 0 Å². The molecule has 0 bridgehead atoms. The van der Waals surface area contributed by atoms with Crippen molar-refractivity contribution in [3.63, 3.8) is 0 Å². The normalized spacial score (nSPS) is 19.6. The van der Waals surface area contributed by atoms with Crippen molar-refractivity contribution in [3.05, 3.63) is 30.2 Å². The maximum Gasteiger partial charge on any atom is 0.246 e. The van der Waals surface area contributed by atoms with Crippen molar-refractivity contribution in [2.24, 2.45) is 5.92 Å². The second-order valence-electron chi connectivity index (χ2n) is 5.27. The van der Waals surface area contributed by atoms with E-state index < -0.39 is 0 Å². The van der Waals surface area contributed by atoms with Crippen molar-refractivity contribution >= 4 is 17.9 Å². The summed E-state index contributed by atoms with van der Waals surface area (Å²) in [6.07, 6.45) is 6.83. The minimum atomic E-state index is -0.0279. The number of hydrogen-bond donors (Lipinski definition) is 0. The fraction of sp³-hybridized carbons (Fsp3) is 0.467. The van der Waals surface area contributed by atoms with Crippen LogP contribution in [0.25, 0.3) is 6.08 Å². The van der Waals surface area contributed by atoms with Gasteiger partial charge in [0.15, 0.2) is 0 Å². The van der Waals surface area contributed by atoms with Crippen LogP contribution in [0, 0.1) is 5.92 Å². The van der Waals surface area contributed by atoms with Gasteiger partial charge < -0.3 is 14.2 Å². The Kier molecular flexibility index (Phi) is 3.58. The Bertz CT molecular complexity index is 509. The van der Waals surface area contributed by atoms with Crippen molar-refractivity contribution < 1.29 is 14.0 Å². The average Bonchev–Trinajstić information content (AvgIpc) is 3.21. The van der Waals surface area contributed by atoms with Crippen LogP contribution in [-0.2, 0) is 9.59 Å². The van der Waals surface area contributed by atoms with Gasteiger partial charge in [0.1, 0.15) is 5.76 Å². The van der Waals surface area contributed by atoms with E-state index in [0.717, 1.165) is 12.8 Å². The average molecular weight is 274 g/mol. The summed E-state index contributed by atoms with van der Waals surface area (Å²) >= 11 is 0. The molecule has 0 radical (unpaired) electrons. The zero-order valence-electron chi connectivity index (χ0n) is 11.3. The molecule has 1 aliphatic heterocycles. The molecule has 0 unspecified atom stereocenters. The molecule has 106 valence electrons. The van der Waals surface area contributed by atoms with Crippen LogP contribution < -0.4 is 0 Å². The molecule has 0 spiro atoms. The molecule has 1 aliphatic carbocycles. The Morgan fingerprint density at radius 2 is 1.85 bits per heavy atom. The lowest BCUT2D eigenvalue weighted by molar-refractivity contribution is -0.138. The Morgan fingerprint density at radius 1 is 1.15 bits per heavy atom. The van der Waals surface area contributed by atoms with E-state index in [0.29, 0.717) is 31.9 Å². The van der Waals surface area contributed by atoms with E-state index in [1.807, 2.05) is 4.90 Å². The third kappa shape index (κ3) is 2.92. The molecule has 3 rings (SSSR count). The van der Waals surface area contributed by atoms with Gasteiger partial charge in [-0.15, -0.1) is 0 Å². The van der Waals surface area contributed by atoms with Gasteiger partial charge in [-0.25, -0.2) is 0 Å². The summed E-state index contributed by atoms with van der Waals surface area (Å²) in [5.74, 6) is 1.17. The number of carbonyl (C=O) groups excluding carboxylic acids is 2. The lowest BCUT2D eigenvalue weighted by atomic mass is 10.2. The molecular weight excluding hydrogens is 256 g/mol. The molecule has 0 aromatic carbocycles. The maximum absolute atomic E-state index is 12.0. The predicted molar refractivity (Wildman–Crippen MR) is 73.6 cm³/mol. The summed E-state index contributed by atoms with van der Waals surface area (Å²) in [6, 6.07) is 3.59. The van der Waals surface area contributed by atoms with Gasteiger partial charge in [-0.1, -0.05) is 0 Å². The lowest BCUT2D eigenvalue weighted by Gasteiger charge is -2.34. The number of rotatable bonds is 3. The van der Waals surface area contributed by atoms with Crippen molar-refractivity contribution in [1.82, 2.24) is 9.80 Å². The smallest absolute Gasteiger partial charge is 0.246 e. The molecule has 1 aromatic rings. The van der Waals surface area contributed by atoms with Crippen LogP contribution in [-0.4, -0.2) is 47.8 Å². The van der Waals surface area contributed by atoms with Crippen molar-refractivity contribution in [2.75, 3.05) is 26.2 Å². The molecule has 1 aromatic heterocycles. The Balaban J connectivity index is 1.50. The molecule has 2 heterocycles. The van der Waals surface area contributed by atoms with Gasteiger partial charge in [-0.2, -0.15) is 0 Å². The van der Waals surface area contributed by atoms with E-state index in [4.69, 9.17) is 4.42 Å². The third-order valence-electron chi connectivity index (χ3n) is 3.76. The van der Waals surface area contributed by atoms with Gasteiger partial charge in [-0.3, -0.25) is 9.59 Å². The minimum absolute atomic E-state index is 0.0279. The van der Waals surface area contributed by atoms with Crippen LogP contribution in [0.1, 0.15) is 18.6 Å². The molecule has 1 saturated heterocycles. The van der Waals surface area contributed by atoms with Crippen molar-refractivity contribution in [2.45, 2.75) is 12.8 Å². The number of amides is 2. The van der Waals surface area contributed by atoms with Crippen LogP contribution in [0.5, 0.6) is 0 Å². The minimum Gasteiger partial charge on any atom is -0.465 e. The summed E-state index contributed by atoms with van der Waals surface area (Å²) in [6.45, 7) is 2.52. The molecule has 0 atom stereocenters. The first-order valence-corrected chi connectivity index (χ1v) is 7.03. The summed E-state index contributed by atoms with van der Waals surface area (Å²) in [5.41, 5.74) is 0. The first kappa shape index (κ1) is 13.0. The van der Waals surface area contributed by atoms with E-state index in [1.54, 1.807) is 29.4 Å². The van der Waals surface area contributed by atoms with E-state index in [1.165, 1.54) is 6.08 Å². The quantitative estimate of drug-likeness (QED) is 0.782. The van der Waals surface area contributed by atoms with Crippen LogP contribution in [0.4, 0.5) is 0 Å². The standard InChI is InChI=1S/C15H18N2O3/c18-14(6-5-13-2-1-11-20-13)16-7-9-17(10-8-16)15(19)12-3-4-12/h1-2,5-6,11-12H,3-4,7-10H2. The van der Waals surface area contributed by atoms with Crippen LogP contribution >= 0.6 is 0 Å². The largest absolute Gasteiger partial charge is 0.465 e. The van der Waals surface area contributed by atoms with Gasteiger partial charge in [0.25, 0.3) is 0 Å². The molecule has 1 saturated carbocycles. The highest BCUT2D eigenvalue weighted by atomic mass is 16.3. The van der Waals surface area contributed by atoms with Gasteiger partial charge in [-0.05, 0) is 31.1 Å². The van der Waals surface area contributed by atoms with Crippen LogP contribution in [0.2, 0.25) is 0 Å². The van der Waals surface area contributed by atoms with Crippen molar-refractivity contribution in [3.8, 4) is 0 Å². The van der Waals surface area contributed by atoms with Gasteiger partial charge in [0.2, 0.25) is 11.8 Å². The highest BCUT2D eigenvalue weighted by Gasteiger charge is 2.34. The highest BCUT2D eigenvalue weighted by Crippen LogP contribution is 2.31. The molecular formula is C15H18N2O3. The van der Waals surface area contributed by atoms with E-state index >= 15 is 0 Å². The fourth-order valence-corrected chi connectivity index (χ4v) is 2.38. The zero-order valence-corrected chi connectivity index (χ0v) is 11.3. The summed E-state index contributed by atoms with van der Waals surface area (Å²) in [5, 5.41) is 0. The topological polar surface area (TPSA) is 53.8 Å². The maximum atomic E-state index is 12.0. The monoisotopic (exact) mass is 274 g/mol. The van der Waals surface area contributed by atoms with Crippen LogP contribution in [0.15, 0.2) is 28.9 Å². The highest BCUT2D eigenvalue weighted by molar-refractivity contribution is 5.91. The Morgan fingerprint density at radius 3 is 2.45 bits per heavy atom. The number of furan rings is 1. The fourth-order valence-electron chi connectivity index (χ4n) is 2.38. The molecule has 5 heteroatoms. The van der Waals surface area contributed by atoms with E-state index in [2.05, 4.69) is 0 Å². The first-order chi connectivity index (χ1) is 9.74. The lowest BCUT2D eigenvalue weighted by Crippen LogP contribution is -2.50. The SMILES string of the molecule is O=C(C=Cc1ccco1)N1CCN(C(=O)C2CC2)CC1. The molecule has 0 N–H and O–H groups in total. The second kappa shape index (κ2) is 5.53. The summed E-state index contributed by atoms with van der Waals surface area (Å²) < 4.78 is 5.14. The molecule has 5 nitrogen and oxygen atoms in total. The number of nitrogens with zero attached hydrogens (tertiary/aromatic N) is 2. The van der Waals surface area contributed by atoms with E-state index in [9.17, 15) is 9.59 Å². The Hall–Kier alpha value is -2.04. The Labute approximate surface area is 117 Å². The third-order valence-corrected chi connectivity index (χ3v) is 3.76. The van der Waals surface area contributed by atoms with Gasteiger partial charge >= 0.3 is 0 Å². The van der Waals surface area contributed by atoms with Gasteiger partial charge in [0, 0.05) is 38.2 Å².